The zero-order chi connectivity index (χ0) is 11.1. The smallest absolute Gasteiger partial charge is 0.122 e. The van der Waals surface area contributed by atoms with Gasteiger partial charge in [0, 0.05) is 6.54 Å². The van der Waals surface area contributed by atoms with E-state index in [1.54, 1.807) is 14.2 Å². The molecule has 0 saturated carbocycles. The number of benzene rings is 1. The maximum atomic E-state index is 5.53. The van der Waals surface area contributed by atoms with Crippen LogP contribution in [0.2, 0.25) is 0 Å². The lowest BCUT2D eigenvalue weighted by Gasteiger charge is -2.10. The fourth-order valence-corrected chi connectivity index (χ4v) is 1.50. The highest BCUT2D eigenvalue weighted by molar-refractivity contribution is 6.17. The molecule has 4 heteroatoms. The number of halogens is 1. The van der Waals surface area contributed by atoms with Gasteiger partial charge in [-0.05, 0) is 30.2 Å². The van der Waals surface area contributed by atoms with Crippen molar-refractivity contribution in [1.82, 2.24) is 5.32 Å². The average Bonchev–Trinajstić information content (AvgIpc) is 2.29. The summed E-state index contributed by atoms with van der Waals surface area (Å²) in [6, 6.07) is 6.24. The van der Waals surface area contributed by atoms with Crippen molar-refractivity contribution in [1.29, 1.82) is 0 Å². The predicted octanol–water partition coefficient (Wildman–Crippen LogP) is 2.03. The van der Waals surface area contributed by atoms with Crippen LogP contribution in [0.3, 0.4) is 0 Å². The third kappa shape index (κ3) is 3.61. The highest BCUT2D eigenvalue weighted by Crippen LogP contribution is 2.23. The Morgan fingerprint density at radius 2 is 2.07 bits per heavy atom. The van der Waals surface area contributed by atoms with Crippen molar-refractivity contribution in [3.8, 4) is 11.5 Å². The summed E-state index contributed by atoms with van der Waals surface area (Å²) in [4.78, 5) is 0. The quantitative estimate of drug-likeness (QED) is 0.460. The van der Waals surface area contributed by atoms with Crippen LogP contribution >= 0.6 is 11.6 Å². The third-order valence-electron chi connectivity index (χ3n) is 2.15. The third-order valence-corrected chi connectivity index (χ3v) is 2.34. The van der Waals surface area contributed by atoms with E-state index in [1.165, 1.54) is 0 Å². The predicted molar refractivity (Wildman–Crippen MR) is 62.0 cm³/mol. The van der Waals surface area contributed by atoms with E-state index in [4.69, 9.17) is 21.1 Å². The minimum absolute atomic E-state index is 0.465. The Balaban J connectivity index is 2.72. The van der Waals surface area contributed by atoms with E-state index in [0.717, 1.165) is 30.0 Å². The summed E-state index contributed by atoms with van der Waals surface area (Å²) >= 11 is 5.53. The summed E-state index contributed by atoms with van der Waals surface area (Å²) in [5, 5.41) is 3.05. The minimum Gasteiger partial charge on any atom is -0.497 e. The molecular formula is C11H16ClNO2. The van der Waals surface area contributed by atoms with E-state index < -0.39 is 0 Å². The average molecular weight is 230 g/mol. The first-order valence-electron chi connectivity index (χ1n) is 4.79. The van der Waals surface area contributed by atoms with Crippen LogP contribution in [0.5, 0.6) is 11.5 Å². The van der Waals surface area contributed by atoms with Crippen LogP contribution in [0, 0.1) is 0 Å². The molecule has 0 heterocycles. The molecule has 0 atom stereocenters. The van der Waals surface area contributed by atoms with Crippen molar-refractivity contribution in [2.75, 3.05) is 26.8 Å². The Kier molecular flexibility index (Phi) is 5.29. The number of hydrogen-bond acceptors (Lipinski definition) is 3. The molecule has 0 radical (unpaired) electrons. The number of methoxy groups -OCH3 is 2. The summed E-state index contributed by atoms with van der Waals surface area (Å²) < 4.78 is 10.4. The first-order valence-corrected chi connectivity index (χ1v) is 5.33. The van der Waals surface area contributed by atoms with Gasteiger partial charge in [-0.15, -0.1) is 11.6 Å². The van der Waals surface area contributed by atoms with Crippen molar-refractivity contribution in [3.63, 3.8) is 0 Å². The van der Waals surface area contributed by atoms with Crippen LogP contribution in [0.4, 0.5) is 0 Å². The summed E-state index contributed by atoms with van der Waals surface area (Å²) in [5.74, 6) is 1.73. The molecule has 0 unspecified atom stereocenters. The topological polar surface area (TPSA) is 30.5 Å². The number of alkyl halides is 1. The Hall–Kier alpha value is -0.930. The monoisotopic (exact) mass is 229 g/mol. The van der Waals surface area contributed by atoms with Crippen LogP contribution in [0.25, 0.3) is 0 Å². The van der Waals surface area contributed by atoms with Crippen LogP contribution in [-0.4, -0.2) is 26.8 Å². The highest BCUT2D eigenvalue weighted by atomic mass is 35.5. The molecule has 0 aliphatic heterocycles. The Morgan fingerprint density at radius 1 is 1.27 bits per heavy atom. The van der Waals surface area contributed by atoms with E-state index in [1.807, 2.05) is 18.2 Å². The van der Waals surface area contributed by atoms with Gasteiger partial charge in [0.2, 0.25) is 0 Å². The standard InChI is InChI=1S/C11H16ClNO2/c1-14-10-3-4-11(15-2)9(7-10)5-6-13-8-12/h3-4,7,13H,5-6,8H2,1-2H3. The van der Waals surface area contributed by atoms with Crippen molar-refractivity contribution >= 4 is 11.6 Å². The van der Waals surface area contributed by atoms with Gasteiger partial charge in [0.05, 0.1) is 20.2 Å². The zero-order valence-corrected chi connectivity index (χ0v) is 9.80. The maximum absolute atomic E-state index is 5.53. The van der Waals surface area contributed by atoms with Crippen molar-refractivity contribution < 1.29 is 9.47 Å². The summed E-state index contributed by atoms with van der Waals surface area (Å²) in [6.45, 7) is 0.826. The van der Waals surface area contributed by atoms with Gasteiger partial charge < -0.3 is 14.8 Å². The Labute approximate surface area is 95.3 Å². The Morgan fingerprint density at radius 3 is 2.67 bits per heavy atom. The second kappa shape index (κ2) is 6.53. The van der Waals surface area contributed by atoms with Gasteiger partial charge in [0.25, 0.3) is 0 Å². The molecule has 0 saturated heterocycles. The molecule has 0 aliphatic carbocycles. The lowest BCUT2D eigenvalue weighted by molar-refractivity contribution is 0.398. The number of rotatable bonds is 6. The van der Waals surface area contributed by atoms with E-state index in [9.17, 15) is 0 Å². The zero-order valence-electron chi connectivity index (χ0n) is 9.05. The summed E-state index contributed by atoms with van der Waals surface area (Å²) in [6.07, 6.45) is 0.868. The molecule has 3 nitrogen and oxygen atoms in total. The van der Waals surface area contributed by atoms with Crippen LogP contribution in [0.15, 0.2) is 18.2 Å². The molecule has 15 heavy (non-hydrogen) atoms. The molecule has 1 rings (SSSR count). The number of nitrogens with one attached hydrogen (secondary N) is 1. The molecule has 1 N–H and O–H groups in total. The largest absolute Gasteiger partial charge is 0.497 e. The maximum Gasteiger partial charge on any atom is 0.122 e. The highest BCUT2D eigenvalue weighted by Gasteiger charge is 2.04. The van der Waals surface area contributed by atoms with Crippen LogP contribution in [-0.2, 0) is 6.42 Å². The number of hydrogen-bond donors (Lipinski definition) is 1. The van der Waals surface area contributed by atoms with E-state index in [2.05, 4.69) is 5.32 Å². The molecule has 0 aromatic heterocycles. The van der Waals surface area contributed by atoms with Gasteiger partial charge in [-0.3, -0.25) is 0 Å². The molecule has 0 amide bonds. The fourth-order valence-electron chi connectivity index (χ4n) is 1.37. The van der Waals surface area contributed by atoms with Crippen molar-refractivity contribution in [2.24, 2.45) is 0 Å². The van der Waals surface area contributed by atoms with Crippen molar-refractivity contribution in [3.05, 3.63) is 23.8 Å². The van der Waals surface area contributed by atoms with Crippen LogP contribution in [0.1, 0.15) is 5.56 Å². The summed E-state index contributed by atoms with van der Waals surface area (Å²) in [7, 11) is 3.32. The Bertz CT molecular complexity index is 305. The minimum atomic E-state index is 0.465. The van der Waals surface area contributed by atoms with Crippen molar-refractivity contribution in [2.45, 2.75) is 6.42 Å². The fraction of sp³-hybridized carbons (Fsp3) is 0.455. The lowest BCUT2D eigenvalue weighted by atomic mass is 10.1. The first-order chi connectivity index (χ1) is 7.31. The molecule has 0 fully saturated rings. The van der Waals surface area contributed by atoms with Gasteiger partial charge in [-0.1, -0.05) is 0 Å². The van der Waals surface area contributed by atoms with Gasteiger partial charge in [-0.25, -0.2) is 0 Å². The SMILES string of the molecule is COc1ccc(OC)c(CCNCCl)c1. The van der Waals surface area contributed by atoms with E-state index >= 15 is 0 Å². The molecule has 1 aromatic carbocycles. The molecule has 0 bridgehead atoms. The summed E-state index contributed by atoms with van der Waals surface area (Å²) in [5.41, 5.74) is 1.12. The molecule has 84 valence electrons. The first kappa shape index (κ1) is 12.1. The molecule has 0 spiro atoms. The van der Waals surface area contributed by atoms with Crippen LogP contribution < -0.4 is 14.8 Å². The van der Waals surface area contributed by atoms with Gasteiger partial charge in [0.15, 0.2) is 0 Å². The van der Waals surface area contributed by atoms with Gasteiger partial charge in [0.1, 0.15) is 11.5 Å². The molecule has 0 aliphatic rings. The molecular weight excluding hydrogens is 214 g/mol. The second-order valence-corrected chi connectivity index (χ2v) is 3.33. The second-order valence-electron chi connectivity index (χ2n) is 3.06. The normalized spacial score (nSPS) is 10.1. The van der Waals surface area contributed by atoms with E-state index in [0.29, 0.717) is 6.00 Å². The van der Waals surface area contributed by atoms with E-state index in [-0.39, 0.29) is 0 Å². The molecule has 1 aromatic rings. The lowest BCUT2D eigenvalue weighted by Crippen LogP contribution is -2.15. The number of ether oxygens (including phenoxy) is 2. The van der Waals surface area contributed by atoms with Gasteiger partial charge >= 0.3 is 0 Å². The van der Waals surface area contributed by atoms with Gasteiger partial charge in [-0.2, -0.15) is 0 Å².